The summed E-state index contributed by atoms with van der Waals surface area (Å²) in [5.74, 6) is 2.84. The molecule has 2 heteroatoms. The van der Waals surface area contributed by atoms with Gasteiger partial charge in [0, 0.05) is 11.6 Å². The van der Waals surface area contributed by atoms with Crippen LogP contribution in [-0.4, -0.2) is 23.0 Å². The molecule has 0 saturated heterocycles. The highest BCUT2D eigenvalue weighted by atomic mass is 16.3. The molecule has 0 aromatic rings. The molecule has 92 valence electrons. The molecular formula is C14H25NO. The Bertz CT molecular complexity index is 282. The second-order valence-electron chi connectivity index (χ2n) is 6.18. The van der Waals surface area contributed by atoms with Crippen LogP contribution >= 0.6 is 0 Å². The number of aliphatic imine (C=N–C) groups is 1. The lowest BCUT2D eigenvalue weighted by Crippen LogP contribution is -2.36. The summed E-state index contributed by atoms with van der Waals surface area (Å²) in [7, 11) is 0. The number of hydrogen-bond acceptors (Lipinski definition) is 2. The third kappa shape index (κ3) is 2.17. The summed E-state index contributed by atoms with van der Waals surface area (Å²) in [4.78, 5) is 4.75. The van der Waals surface area contributed by atoms with Gasteiger partial charge >= 0.3 is 0 Å². The fourth-order valence-electron chi connectivity index (χ4n) is 3.49. The van der Waals surface area contributed by atoms with Crippen LogP contribution in [0, 0.1) is 23.7 Å². The third-order valence-electron chi connectivity index (χ3n) is 4.37. The Kier molecular flexibility index (Phi) is 3.39. The fourth-order valence-corrected chi connectivity index (χ4v) is 3.49. The normalized spacial score (nSPS) is 36.6. The van der Waals surface area contributed by atoms with Crippen LogP contribution in [0.25, 0.3) is 0 Å². The van der Waals surface area contributed by atoms with Gasteiger partial charge in [-0.1, -0.05) is 20.8 Å². The van der Waals surface area contributed by atoms with Gasteiger partial charge in [-0.25, -0.2) is 0 Å². The summed E-state index contributed by atoms with van der Waals surface area (Å²) in [5.41, 5.74) is 1.46. The Morgan fingerprint density at radius 1 is 1.25 bits per heavy atom. The van der Waals surface area contributed by atoms with E-state index in [4.69, 9.17) is 4.99 Å². The Hall–Kier alpha value is -0.370. The largest absolute Gasteiger partial charge is 0.393 e. The van der Waals surface area contributed by atoms with Crippen molar-refractivity contribution in [3.63, 3.8) is 0 Å². The van der Waals surface area contributed by atoms with Crippen molar-refractivity contribution in [2.24, 2.45) is 28.7 Å². The van der Waals surface area contributed by atoms with Crippen LogP contribution < -0.4 is 0 Å². The molecule has 2 nitrogen and oxygen atoms in total. The second kappa shape index (κ2) is 4.48. The summed E-state index contributed by atoms with van der Waals surface area (Å²) in [6.07, 6.45) is 3.37. The van der Waals surface area contributed by atoms with E-state index >= 15 is 0 Å². The molecule has 5 unspecified atom stereocenters. The zero-order chi connectivity index (χ0) is 11.9. The minimum atomic E-state index is -0.154. The lowest BCUT2D eigenvalue weighted by molar-refractivity contribution is 0.146. The van der Waals surface area contributed by atoms with Crippen LogP contribution in [0.1, 0.15) is 47.0 Å². The molecule has 1 fully saturated rings. The van der Waals surface area contributed by atoms with E-state index in [0.29, 0.717) is 17.9 Å². The molecule has 0 aromatic carbocycles. The van der Waals surface area contributed by atoms with E-state index in [9.17, 15) is 5.11 Å². The van der Waals surface area contributed by atoms with E-state index in [-0.39, 0.29) is 6.10 Å². The molecule has 1 N–H and O–H groups in total. The first-order chi connectivity index (χ1) is 7.49. The van der Waals surface area contributed by atoms with Crippen molar-refractivity contribution < 1.29 is 5.11 Å². The van der Waals surface area contributed by atoms with Gasteiger partial charge in [0.05, 0.1) is 12.1 Å². The average Bonchev–Trinajstić information content (AvgIpc) is 2.42. The molecule has 1 aliphatic carbocycles. The Labute approximate surface area is 99.2 Å². The van der Waals surface area contributed by atoms with Gasteiger partial charge in [-0.05, 0) is 43.9 Å². The van der Waals surface area contributed by atoms with Gasteiger partial charge in [0.25, 0.3) is 0 Å². The molecule has 5 atom stereocenters. The zero-order valence-electron chi connectivity index (χ0n) is 11.0. The van der Waals surface area contributed by atoms with Crippen molar-refractivity contribution in [1.29, 1.82) is 0 Å². The molecule has 2 rings (SSSR count). The summed E-state index contributed by atoms with van der Waals surface area (Å²) in [5, 5.41) is 9.44. The first-order valence-corrected chi connectivity index (χ1v) is 6.74. The molecule has 2 aliphatic rings. The van der Waals surface area contributed by atoms with Crippen molar-refractivity contribution in [3.05, 3.63) is 0 Å². The maximum atomic E-state index is 9.44. The van der Waals surface area contributed by atoms with Gasteiger partial charge < -0.3 is 5.11 Å². The van der Waals surface area contributed by atoms with Crippen molar-refractivity contribution in [3.8, 4) is 0 Å². The summed E-state index contributed by atoms with van der Waals surface area (Å²) in [6, 6.07) is 0.624. The van der Waals surface area contributed by atoms with Gasteiger partial charge in [-0.3, -0.25) is 4.99 Å². The van der Waals surface area contributed by atoms with Crippen LogP contribution in [0.5, 0.6) is 0 Å². The van der Waals surface area contributed by atoms with Gasteiger partial charge in [-0.15, -0.1) is 0 Å². The molecule has 1 saturated carbocycles. The van der Waals surface area contributed by atoms with E-state index in [1.165, 1.54) is 18.6 Å². The highest BCUT2D eigenvalue weighted by Crippen LogP contribution is 2.45. The van der Waals surface area contributed by atoms with Crippen LogP contribution in [-0.2, 0) is 0 Å². The molecule has 0 radical (unpaired) electrons. The lowest BCUT2D eigenvalue weighted by Gasteiger charge is -2.31. The lowest BCUT2D eigenvalue weighted by atomic mass is 9.83. The minimum absolute atomic E-state index is 0.154. The van der Waals surface area contributed by atoms with Gasteiger partial charge in [-0.2, -0.15) is 0 Å². The van der Waals surface area contributed by atoms with Crippen molar-refractivity contribution in [2.45, 2.75) is 59.1 Å². The number of rotatable bonds is 4. The van der Waals surface area contributed by atoms with Crippen LogP contribution in [0.3, 0.4) is 0 Å². The molecular weight excluding hydrogens is 198 g/mol. The van der Waals surface area contributed by atoms with Gasteiger partial charge in [0.15, 0.2) is 0 Å². The maximum absolute atomic E-state index is 9.44. The van der Waals surface area contributed by atoms with Gasteiger partial charge in [0.2, 0.25) is 0 Å². The molecule has 0 aromatic heterocycles. The quantitative estimate of drug-likeness (QED) is 0.781. The Balaban J connectivity index is 1.88. The molecule has 0 amide bonds. The van der Waals surface area contributed by atoms with Crippen molar-refractivity contribution in [2.75, 3.05) is 0 Å². The third-order valence-corrected chi connectivity index (χ3v) is 4.37. The maximum Gasteiger partial charge on any atom is 0.0582 e. The number of hydrogen-bond donors (Lipinski definition) is 1. The van der Waals surface area contributed by atoms with E-state index in [0.717, 1.165) is 18.3 Å². The SMILES string of the molecule is CC(O)CC(C)C1CC2N=C(C(C)C)C2C1. The number of fused-ring (bicyclic) bond motifs is 1. The van der Waals surface area contributed by atoms with Crippen LogP contribution in [0.2, 0.25) is 0 Å². The molecule has 0 spiro atoms. The predicted octanol–water partition coefficient (Wildman–Crippen LogP) is 2.90. The average molecular weight is 223 g/mol. The van der Waals surface area contributed by atoms with Crippen LogP contribution in [0.4, 0.5) is 0 Å². The number of aliphatic hydroxyl groups excluding tert-OH is 1. The van der Waals surface area contributed by atoms with Gasteiger partial charge in [0.1, 0.15) is 0 Å². The van der Waals surface area contributed by atoms with Crippen molar-refractivity contribution >= 4 is 5.71 Å². The zero-order valence-corrected chi connectivity index (χ0v) is 11.0. The van der Waals surface area contributed by atoms with E-state index in [1.54, 1.807) is 0 Å². The monoisotopic (exact) mass is 223 g/mol. The van der Waals surface area contributed by atoms with E-state index in [2.05, 4.69) is 20.8 Å². The smallest absolute Gasteiger partial charge is 0.0582 e. The van der Waals surface area contributed by atoms with E-state index < -0.39 is 0 Å². The van der Waals surface area contributed by atoms with E-state index in [1.807, 2.05) is 6.92 Å². The number of nitrogens with zero attached hydrogens (tertiary/aromatic N) is 1. The Morgan fingerprint density at radius 2 is 1.94 bits per heavy atom. The highest BCUT2D eigenvalue weighted by molar-refractivity contribution is 5.93. The molecule has 1 aliphatic heterocycles. The minimum Gasteiger partial charge on any atom is -0.393 e. The van der Waals surface area contributed by atoms with Crippen LogP contribution in [0.15, 0.2) is 4.99 Å². The molecule has 16 heavy (non-hydrogen) atoms. The first kappa shape index (κ1) is 12.1. The summed E-state index contributed by atoms with van der Waals surface area (Å²) in [6.45, 7) is 8.69. The Morgan fingerprint density at radius 3 is 2.50 bits per heavy atom. The summed E-state index contributed by atoms with van der Waals surface area (Å²) >= 11 is 0. The first-order valence-electron chi connectivity index (χ1n) is 6.74. The molecule has 0 bridgehead atoms. The molecule has 1 heterocycles. The highest BCUT2D eigenvalue weighted by Gasteiger charge is 2.45. The number of aliphatic hydroxyl groups is 1. The second-order valence-corrected chi connectivity index (χ2v) is 6.18. The fraction of sp³-hybridized carbons (Fsp3) is 0.929. The standard InChI is InChI=1S/C14H25NO/c1-8(2)14-12-6-11(7-13(12)15-14)9(3)5-10(4)16/h8-13,16H,5-7H2,1-4H3. The van der Waals surface area contributed by atoms with Crippen molar-refractivity contribution in [1.82, 2.24) is 0 Å². The topological polar surface area (TPSA) is 32.6 Å². The summed E-state index contributed by atoms with van der Waals surface area (Å²) < 4.78 is 0. The predicted molar refractivity (Wildman–Crippen MR) is 67.7 cm³/mol.